The number of sulfonamides is 1. The summed E-state index contributed by atoms with van der Waals surface area (Å²) in [6.45, 7) is 1.42. The van der Waals surface area contributed by atoms with Crippen LogP contribution in [0.5, 0.6) is 0 Å². The van der Waals surface area contributed by atoms with Crippen molar-refractivity contribution < 1.29 is 26.8 Å². The molecular formula is C30H35F2N5O4S. The maximum atomic E-state index is 13.6. The average molecular weight is 600 g/mol. The van der Waals surface area contributed by atoms with E-state index in [1.54, 1.807) is 23.1 Å². The predicted molar refractivity (Wildman–Crippen MR) is 158 cm³/mol. The number of piperazine rings is 1. The minimum Gasteiger partial charge on any atom is -0.337 e. The van der Waals surface area contributed by atoms with Gasteiger partial charge >= 0.3 is 0 Å². The average Bonchev–Trinajstić information content (AvgIpc) is 2.90. The maximum absolute atomic E-state index is 13.6. The molecule has 4 N–H and O–H groups in total. The fourth-order valence-corrected chi connectivity index (χ4v) is 5.67. The second-order valence-corrected chi connectivity index (χ2v) is 12.3. The summed E-state index contributed by atoms with van der Waals surface area (Å²) in [4.78, 5) is 30.0. The maximum Gasteiger partial charge on any atom is 0.238 e. The molecule has 12 heteroatoms. The van der Waals surface area contributed by atoms with Gasteiger partial charge in [0.15, 0.2) is 11.6 Å². The van der Waals surface area contributed by atoms with Crippen LogP contribution in [0.15, 0.2) is 72.8 Å². The molecule has 3 aromatic carbocycles. The van der Waals surface area contributed by atoms with Crippen molar-refractivity contribution in [1.29, 1.82) is 0 Å². The summed E-state index contributed by atoms with van der Waals surface area (Å²) in [6, 6.07) is 19.0. The van der Waals surface area contributed by atoms with Gasteiger partial charge in [0.25, 0.3) is 0 Å². The molecule has 42 heavy (non-hydrogen) atoms. The topological polar surface area (TPSA) is 125 Å². The van der Waals surface area contributed by atoms with Crippen molar-refractivity contribution in [2.24, 2.45) is 5.73 Å². The first-order valence-electron chi connectivity index (χ1n) is 13.6. The van der Waals surface area contributed by atoms with Crippen LogP contribution in [0, 0.1) is 11.6 Å². The van der Waals surface area contributed by atoms with Crippen LogP contribution in [0.25, 0.3) is 0 Å². The van der Waals surface area contributed by atoms with Gasteiger partial charge in [-0.05, 0) is 54.3 Å². The lowest BCUT2D eigenvalue weighted by molar-refractivity contribution is -0.136. The summed E-state index contributed by atoms with van der Waals surface area (Å²) in [7, 11) is -3.46. The molecule has 9 nitrogen and oxygen atoms in total. The number of rotatable bonds is 11. The van der Waals surface area contributed by atoms with E-state index in [0.29, 0.717) is 43.0 Å². The number of hydrogen-bond acceptors (Lipinski definition) is 6. The third-order valence-corrected chi connectivity index (χ3v) is 7.54. The molecule has 0 aromatic heterocycles. The van der Waals surface area contributed by atoms with Gasteiger partial charge in [0.2, 0.25) is 21.8 Å². The number of carbonyl (C=O) groups excluding carboxylic acids is 2. The zero-order valence-corrected chi connectivity index (χ0v) is 24.1. The molecule has 2 amide bonds. The molecule has 1 saturated heterocycles. The number of nitrogens with zero attached hydrogens (tertiary/aromatic N) is 2. The lowest BCUT2D eigenvalue weighted by Gasteiger charge is -2.42. The van der Waals surface area contributed by atoms with E-state index in [1.165, 1.54) is 12.1 Å². The van der Waals surface area contributed by atoms with Crippen molar-refractivity contribution in [3.63, 3.8) is 0 Å². The van der Waals surface area contributed by atoms with Gasteiger partial charge in [-0.25, -0.2) is 17.2 Å². The molecule has 1 unspecified atom stereocenters. The molecule has 0 spiro atoms. The molecule has 1 aliphatic rings. The molecule has 1 fully saturated rings. The van der Waals surface area contributed by atoms with Gasteiger partial charge < -0.3 is 16.0 Å². The Kier molecular flexibility index (Phi) is 10.3. The number of nitrogens with two attached hydrogens (primary N) is 1. The lowest BCUT2D eigenvalue weighted by atomic mass is 9.99. The van der Waals surface area contributed by atoms with Gasteiger partial charge in [-0.1, -0.05) is 42.5 Å². The highest BCUT2D eigenvalue weighted by molar-refractivity contribution is 7.92. The van der Waals surface area contributed by atoms with Crippen LogP contribution < -0.4 is 15.8 Å². The van der Waals surface area contributed by atoms with Crippen molar-refractivity contribution in [3.8, 4) is 0 Å². The smallest absolute Gasteiger partial charge is 0.238 e. The second kappa shape index (κ2) is 13.9. The second-order valence-electron chi connectivity index (χ2n) is 10.6. The summed E-state index contributed by atoms with van der Waals surface area (Å²) in [5.74, 6) is -2.29. The first-order valence-corrected chi connectivity index (χ1v) is 15.5. The molecule has 4 rings (SSSR count). The van der Waals surface area contributed by atoms with E-state index in [9.17, 15) is 26.8 Å². The first kappa shape index (κ1) is 31.1. The summed E-state index contributed by atoms with van der Waals surface area (Å²) in [5.41, 5.74) is 8.61. The number of hydrogen-bond donors (Lipinski definition) is 3. The molecular weight excluding hydrogens is 564 g/mol. The van der Waals surface area contributed by atoms with Gasteiger partial charge in [-0.3, -0.25) is 19.2 Å². The fraction of sp³-hybridized carbons (Fsp3) is 0.333. The minimum atomic E-state index is -3.46. The SMILES string of the molecule is CS(=O)(=O)Nc1cccc(NC(=O)CN2CCN(C(=O)C[C@H](N)Cc3ccc(F)c(F)c3)C(Cc3ccccc3)C2)c1. The first-order chi connectivity index (χ1) is 19.9. The molecule has 1 heterocycles. The monoisotopic (exact) mass is 599 g/mol. The highest BCUT2D eigenvalue weighted by Gasteiger charge is 2.32. The summed E-state index contributed by atoms with van der Waals surface area (Å²) < 4.78 is 52.3. The number of benzene rings is 3. The fourth-order valence-electron chi connectivity index (χ4n) is 5.11. The normalized spacial score (nSPS) is 16.6. The largest absolute Gasteiger partial charge is 0.337 e. The minimum absolute atomic E-state index is 0.0443. The van der Waals surface area contributed by atoms with Crippen LogP contribution >= 0.6 is 0 Å². The van der Waals surface area contributed by atoms with Crippen molar-refractivity contribution >= 4 is 33.2 Å². The van der Waals surface area contributed by atoms with E-state index in [2.05, 4.69) is 10.0 Å². The standard InChI is InChI=1S/C30H35F2N5O4S/c1-42(40,41)35-25-9-5-8-24(18-25)34-29(38)20-36-12-13-37(26(19-36)15-21-6-3-2-4-7-21)30(39)17-23(33)14-22-10-11-27(31)28(32)16-22/h2-11,16,18,23,26,35H,12-15,17,19-20,33H2,1H3,(H,34,38)/t23-,26?/m1/s1. The van der Waals surface area contributed by atoms with Crippen LogP contribution in [-0.2, 0) is 32.5 Å². The van der Waals surface area contributed by atoms with Crippen molar-refractivity contribution in [2.45, 2.75) is 31.3 Å². The molecule has 0 bridgehead atoms. The van der Waals surface area contributed by atoms with Crippen LogP contribution in [0.4, 0.5) is 20.2 Å². The van der Waals surface area contributed by atoms with Gasteiger partial charge in [-0.2, -0.15) is 0 Å². The van der Waals surface area contributed by atoms with Crippen molar-refractivity contribution in [3.05, 3.63) is 95.6 Å². The van der Waals surface area contributed by atoms with Gasteiger partial charge in [0.1, 0.15) is 0 Å². The number of carbonyl (C=O) groups is 2. The van der Waals surface area contributed by atoms with Crippen molar-refractivity contribution in [1.82, 2.24) is 9.80 Å². The van der Waals surface area contributed by atoms with Crippen molar-refractivity contribution in [2.75, 3.05) is 42.5 Å². The Bertz CT molecular complexity index is 1510. The number of halogens is 2. The van der Waals surface area contributed by atoms with Gasteiger partial charge in [0.05, 0.1) is 18.5 Å². The summed E-state index contributed by atoms with van der Waals surface area (Å²) >= 11 is 0. The Hall–Kier alpha value is -3.87. The highest BCUT2D eigenvalue weighted by atomic mass is 32.2. The molecule has 0 saturated carbocycles. The Labute approximate surface area is 244 Å². The Morgan fingerprint density at radius 1 is 0.952 bits per heavy atom. The van der Waals surface area contributed by atoms with Gasteiger partial charge in [0, 0.05) is 43.8 Å². The Morgan fingerprint density at radius 2 is 1.69 bits per heavy atom. The van der Waals surface area contributed by atoms with E-state index >= 15 is 0 Å². The van der Waals surface area contributed by atoms with Crippen LogP contribution in [0.2, 0.25) is 0 Å². The lowest BCUT2D eigenvalue weighted by Crippen LogP contribution is -2.57. The third kappa shape index (κ3) is 9.33. The molecule has 3 aromatic rings. The number of anilines is 2. The third-order valence-electron chi connectivity index (χ3n) is 6.94. The molecule has 0 radical (unpaired) electrons. The summed E-state index contributed by atoms with van der Waals surface area (Å²) in [6.07, 6.45) is 1.91. The molecule has 1 aliphatic heterocycles. The summed E-state index contributed by atoms with van der Waals surface area (Å²) in [5, 5.41) is 2.81. The van der Waals surface area contributed by atoms with E-state index < -0.39 is 27.7 Å². The Morgan fingerprint density at radius 3 is 2.40 bits per heavy atom. The number of amides is 2. The zero-order chi connectivity index (χ0) is 30.3. The zero-order valence-electron chi connectivity index (χ0n) is 23.3. The van der Waals surface area contributed by atoms with Gasteiger partial charge in [-0.15, -0.1) is 0 Å². The predicted octanol–water partition coefficient (Wildman–Crippen LogP) is 2.99. The van der Waals surface area contributed by atoms with E-state index in [-0.39, 0.29) is 37.2 Å². The molecule has 0 aliphatic carbocycles. The van der Waals surface area contributed by atoms with Crippen LogP contribution in [0.1, 0.15) is 17.5 Å². The van der Waals surface area contributed by atoms with Crippen LogP contribution in [-0.4, -0.2) is 74.6 Å². The van der Waals surface area contributed by atoms with Crippen LogP contribution in [0.3, 0.4) is 0 Å². The van der Waals surface area contributed by atoms with E-state index in [1.807, 2.05) is 35.2 Å². The Balaban J connectivity index is 1.39. The molecule has 224 valence electrons. The van der Waals surface area contributed by atoms with E-state index in [4.69, 9.17) is 5.73 Å². The number of nitrogens with one attached hydrogen (secondary N) is 2. The molecule has 2 atom stereocenters. The van der Waals surface area contributed by atoms with E-state index in [0.717, 1.165) is 24.0 Å². The quantitative estimate of drug-likeness (QED) is 0.311. The highest BCUT2D eigenvalue weighted by Crippen LogP contribution is 2.20.